The Balaban J connectivity index is 0.00000420. The molecule has 0 aromatic heterocycles. The zero-order chi connectivity index (χ0) is 20.4. The van der Waals surface area contributed by atoms with Crippen LogP contribution in [0.25, 0.3) is 0 Å². The second kappa shape index (κ2) is 13.4. The Kier molecular flexibility index (Phi) is 12.1. The van der Waals surface area contributed by atoms with Gasteiger partial charge in [-0.1, -0.05) is 45.0 Å². The van der Waals surface area contributed by atoms with Gasteiger partial charge in [-0.2, -0.15) is 0 Å². The fourth-order valence-corrected chi connectivity index (χ4v) is 3.55. The molecule has 2 rings (SSSR count). The lowest BCUT2D eigenvalue weighted by atomic mass is 9.86. The van der Waals surface area contributed by atoms with E-state index < -0.39 is 0 Å². The fraction of sp³-hybridized carbons (Fsp3) is 0.696. The zero-order valence-electron chi connectivity index (χ0n) is 19.1. The summed E-state index contributed by atoms with van der Waals surface area (Å²) in [5.41, 5.74) is 2.96. The van der Waals surface area contributed by atoms with E-state index in [2.05, 4.69) is 77.5 Å². The maximum Gasteiger partial charge on any atom is 0.190 e. The van der Waals surface area contributed by atoms with Crippen LogP contribution in [-0.2, 0) is 11.8 Å². The number of benzene rings is 1. The monoisotopic (exact) mass is 515 g/mol. The van der Waals surface area contributed by atoms with Gasteiger partial charge >= 0.3 is 0 Å². The van der Waals surface area contributed by atoms with Gasteiger partial charge in [0.05, 0.1) is 0 Å². The van der Waals surface area contributed by atoms with Crippen molar-refractivity contribution in [2.24, 2.45) is 4.99 Å². The number of nitrogens with zero attached hydrogens (tertiary/aromatic N) is 3. The number of hydrogen-bond donors (Lipinski definition) is 2. The molecule has 1 aliphatic rings. The Hall–Kier alpha value is -0.860. The maximum absolute atomic E-state index is 4.35. The first-order valence-electron chi connectivity index (χ1n) is 10.8. The second-order valence-electron chi connectivity index (χ2n) is 8.97. The van der Waals surface area contributed by atoms with Crippen LogP contribution < -0.4 is 10.6 Å². The molecule has 0 bridgehead atoms. The first-order valence-corrected chi connectivity index (χ1v) is 10.8. The largest absolute Gasteiger partial charge is 0.356 e. The average molecular weight is 516 g/mol. The van der Waals surface area contributed by atoms with Gasteiger partial charge in [0.1, 0.15) is 0 Å². The summed E-state index contributed by atoms with van der Waals surface area (Å²) in [6, 6.07) is 9.00. The number of likely N-dealkylation sites (N-methyl/N-ethyl adjacent to an activating group) is 1. The number of rotatable bonds is 7. The van der Waals surface area contributed by atoms with Gasteiger partial charge in [-0.25, -0.2) is 0 Å². The Morgan fingerprint density at radius 3 is 2.34 bits per heavy atom. The van der Waals surface area contributed by atoms with Crippen LogP contribution in [0, 0.1) is 0 Å². The van der Waals surface area contributed by atoms with Crippen molar-refractivity contribution in [3.05, 3.63) is 35.4 Å². The third kappa shape index (κ3) is 10.1. The molecule has 0 aliphatic carbocycles. The molecule has 5 nitrogen and oxygen atoms in total. The summed E-state index contributed by atoms with van der Waals surface area (Å²) in [4.78, 5) is 9.37. The van der Waals surface area contributed by atoms with Crippen LogP contribution in [0.15, 0.2) is 29.3 Å². The lowest BCUT2D eigenvalue weighted by Crippen LogP contribution is -2.40. The van der Waals surface area contributed by atoms with Gasteiger partial charge in [0.25, 0.3) is 0 Å². The van der Waals surface area contributed by atoms with Crippen molar-refractivity contribution in [3.8, 4) is 0 Å². The van der Waals surface area contributed by atoms with E-state index in [0.717, 1.165) is 38.4 Å². The molecule has 2 N–H and O–H groups in total. The van der Waals surface area contributed by atoms with Crippen LogP contribution in [0.1, 0.15) is 44.7 Å². The zero-order valence-corrected chi connectivity index (χ0v) is 21.5. The van der Waals surface area contributed by atoms with E-state index in [0.29, 0.717) is 0 Å². The minimum Gasteiger partial charge on any atom is -0.356 e. The van der Waals surface area contributed by atoms with E-state index >= 15 is 0 Å². The Labute approximate surface area is 195 Å². The molecule has 1 heterocycles. The Morgan fingerprint density at radius 1 is 1.00 bits per heavy atom. The number of hydrogen-bond acceptors (Lipinski definition) is 3. The predicted octanol–water partition coefficient (Wildman–Crippen LogP) is 3.34. The first kappa shape index (κ1) is 26.2. The van der Waals surface area contributed by atoms with Crippen molar-refractivity contribution >= 4 is 29.9 Å². The summed E-state index contributed by atoms with van der Waals surface area (Å²) >= 11 is 0. The van der Waals surface area contributed by atoms with Crippen molar-refractivity contribution in [2.75, 3.05) is 59.9 Å². The van der Waals surface area contributed by atoms with Crippen molar-refractivity contribution in [1.82, 2.24) is 20.4 Å². The van der Waals surface area contributed by atoms with Crippen LogP contribution in [-0.4, -0.2) is 75.7 Å². The molecular formula is C23H42IN5. The minimum absolute atomic E-state index is 0. The highest BCUT2D eigenvalue weighted by Gasteiger charge is 2.13. The third-order valence-electron chi connectivity index (χ3n) is 5.51. The Bertz CT molecular complexity index is 594. The van der Waals surface area contributed by atoms with E-state index in [1.54, 1.807) is 0 Å². The smallest absolute Gasteiger partial charge is 0.190 e. The third-order valence-corrected chi connectivity index (χ3v) is 5.51. The summed E-state index contributed by atoms with van der Waals surface area (Å²) in [5.74, 6) is 0.905. The van der Waals surface area contributed by atoms with Crippen molar-refractivity contribution < 1.29 is 0 Å². The molecule has 0 spiro atoms. The van der Waals surface area contributed by atoms with Crippen molar-refractivity contribution in [2.45, 2.75) is 45.4 Å². The van der Waals surface area contributed by atoms with E-state index in [4.69, 9.17) is 0 Å². The highest BCUT2D eigenvalue weighted by atomic mass is 127. The predicted molar refractivity (Wildman–Crippen MR) is 137 cm³/mol. The lowest BCUT2D eigenvalue weighted by molar-refractivity contribution is 0.274. The van der Waals surface area contributed by atoms with Gasteiger partial charge < -0.3 is 20.4 Å². The first-order chi connectivity index (χ1) is 13.4. The topological polar surface area (TPSA) is 42.9 Å². The molecule has 1 aromatic rings. The van der Waals surface area contributed by atoms with Gasteiger partial charge in [-0.15, -0.1) is 24.0 Å². The number of nitrogens with one attached hydrogen (secondary N) is 2. The van der Waals surface area contributed by atoms with Crippen LogP contribution >= 0.6 is 24.0 Å². The second-order valence-corrected chi connectivity index (χ2v) is 8.97. The summed E-state index contributed by atoms with van der Waals surface area (Å²) in [6.45, 7) is 14.6. The van der Waals surface area contributed by atoms with Crippen molar-refractivity contribution in [1.29, 1.82) is 0 Å². The molecule has 0 amide bonds. The molecule has 166 valence electrons. The van der Waals surface area contributed by atoms with E-state index in [-0.39, 0.29) is 29.4 Å². The van der Waals surface area contributed by atoms with Gasteiger partial charge in [0.2, 0.25) is 0 Å². The molecule has 0 radical (unpaired) electrons. The molecule has 0 saturated carbocycles. The molecule has 0 unspecified atom stereocenters. The summed E-state index contributed by atoms with van der Waals surface area (Å²) in [7, 11) is 4.07. The number of aliphatic imine (C=N–C) groups is 1. The molecular weight excluding hydrogens is 473 g/mol. The quantitative estimate of drug-likeness (QED) is 0.253. The average Bonchev–Trinajstić information content (AvgIpc) is 2.87. The highest BCUT2D eigenvalue weighted by molar-refractivity contribution is 14.0. The van der Waals surface area contributed by atoms with Gasteiger partial charge in [0, 0.05) is 33.2 Å². The molecule has 29 heavy (non-hydrogen) atoms. The van der Waals surface area contributed by atoms with Crippen LogP contribution in [0.5, 0.6) is 0 Å². The summed E-state index contributed by atoms with van der Waals surface area (Å²) in [5, 5.41) is 6.89. The Morgan fingerprint density at radius 2 is 1.69 bits per heavy atom. The van der Waals surface area contributed by atoms with Crippen LogP contribution in [0.4, 0.5) is 0 Å². The molecule has 1 aliphatic heterocycles. The van der Waals surface area contributed by atoms with E-state index in [9.17, 15) is 0 Å². The summed E-state index contributed by atoms with van der Waals surface area (Å²) < 4.78 is 0. The number of guanidine groups is 1. The van der Waals surface area contributed by atoms with Crippen LogP contribution in [0.3, 0.4) is 0 Å². The molecule has 0 atom stereocenters. The molecule has 1 saturated heterocycles. The summed E-state index contributed by atoms with van der Waals surface area (Å²) in [6.07, 6.45) is 3.44. The lowest BCUT2D eigenvalue weighted by Gasteiger charge is -2.20. The number of halogens is 1. The van der Waals surface area contributed by atoms with Gasteiger partial charge in [-0.05, 0) is 62.5 Å². The minimum atomic E-state index is 0. The van der Waals surface area contributed by atoms with Crippen molar-refractivity contribution in [3.63, 3.8) is 0 Å². The molecule has 6 heteroatoms. The van der Waals surface area contributed by atoms with E-state index in [1.165, 1.54) is 43.7 Å². The molecule has 1 fully saturated rings. The fourth-order valence-electron chi connectivity index (χ4n) is 3.55. The van der Waals surface area contributed by atoms with E-state index in [1.807, 2.05) is 7.05 Å². The van der Waals surface area contributed by atoms with Crippen LogP contribution in [0.2, 0.25) is 0 Å². The normalized spacial score (nSPS) is 16.8. The standard InChI is InChI=1S/C23H41N5.HI/c1-23(2,3)21-10-8-20(9-11-21)12-14-26-22(24-4)25-13-6-16-28-17-7-15-27(5)18-19-28;/h8-11H,6-7,12-19H2,1-5H3,(H2,24,25,26);1H. The molecule has 1 aromatic carbocycles. The van der Waals surface area contributed by atoms with Gasteiger partial charge in [-0.3, -0.25) is 4.99 Å². The van der Waals surface area contributed by atoms with Gasteiger partial charge in [0.15, 0.2) is 5.96 Å². The maximum atomic E-state index is 4.35. The SMILES string of the molecule is CN=C(NCCCN1CCCN(C)CC1)NCCc1ccc(C(C)(C)C)cc1.I. The highest BCUT2D eigenvalue weighted by Crippen LogP contribution is 2.22.